The first kappa shape index (κ1) is 26.0. The number of phenolic OH excluding ortho intramolecular Hbond substituents is 1. The molecule has 3 aromatic rings. The minimum absolute atomic E-state index is 0.0204. The molecule has 2 amide bonds. The summed E-state index contributed by atoms with van der Waals surface area (Å²) in [4.78, 5) is 25.5. The van der Waals surface area contributed by atoms with Gasteiger partial charge in [-0.05, 0) is 71.8 Å². The number of nitrogens with one attached hydrogen (secondary N) is 2. The number of sulfone groups is 1. The Morgan fingerprint density at radius 3 is 2.38 bits per heavy atom. The smallest absolute Gasteiger partial charge is 0.256 e. The molecule has 0 bridgehead atoms. The first-order valence-corrected chi connectivity index (χ1v) is 13.2. The Kier molecular flexibility index (Phi) is 8.21. The van der Waals surface area contributed by atoms with Crippen LogP contribution in [0.4, 0.5) is 11.4 Å². The van der Waals surface area contributed by atoms with Crippen molar-refractivity contribution in [3.63, 3.8) is 0 Å². The highest BCUT2D eigenvalue weighted by Gasteiger charge is 2.33. The van der Waals surface area contributed by atoms with Gasteiger partial charge in [0.15, 0.2) is 9.84 Å². The second kappa shape index (κ2) is 10.7. The summed E-state index contributed by atoms with van der Waals surface area (Å²) in [5, 5.41) is 14.2. The third-order valence-electron chi connectivity index (χ3n) is 5.07. The van der Waals surface area contributed by atoms with Crippen LogP contribution in [0.1, 0.15) is 29.3 Å². The summed E-state index contributed by atoms with van der Waals surface area (Å²) in [6, 6.07) is 15.7. The van der Waals surface area contributed by atoms with Gasteiger partial charge in [-0.1, -0.05) is 42.8 Å². The fourth-order valence-corrected chi connectivity index (χ4v) is 5.88. The molecule has 178 valence electrons. The summed E-state index contributed by atoms with van der Waals surface area (Å²) < 4.78 is 26.8. The maximum absolute atomic E-state index is 13.0. The van der Waals surface area contributed by atoms with Gasteiger partial charge in [0.1, 0.15) is 11.0 Å². The largest absolute Gasteiger partial charge is 0.506 e. The Bertz CT molecular complexity index is 1360. The van der Waals surface area contributed by atoms with Crippen molar-refractivity contribution < 1.29 is 23.1 Å². The number of carbonyl (C=O) groups is 2. The highest BCUT2D eigenvalue weighted by atomic mass is 127. The van der Waals surface area contributed by atoms with Gasteiger partial charge >= 0.3 is 0 Å². The van der Waals surface area contributed by atoms with E-state index in [1.807, 2.05) is 22.6 Å². The van der Waals surface area contributed by atoms with Crippen LogP contribution < -0.4 is 10.6 Å². The molecule has 0 aliphatic heterocycles. The third-order valence-corrected chi connectivity index (χ3v) is 8.53. The quantitative estimate of drug-likeness (QED) is 0.244. The second-order valence-corrected chi connectivity index (χ2v) is 11.2. The van der Waals surface area contributed by atoms with Gasteiger partial charge < -0.3 is 15.7 Å². The maximum atomic E-state index is 13.0. The lowest BCUT2D eigenvalue weighted by Crippen LogP contribution is -2.34. The van der Waals surface area contributed by atoms with Gasteiger partial charge in [-0.15, -0.1) is 0 Å². The monoisotopic (exact) mass is 612 g/mol. The zero-order valence-electron chi connectivity index (χ0n) is 18.3. The number of hydrogen-bond acceptors (Lipinski definition) is 5. The lowest BCUT2D eigenvalue weighted by Gasteiger charge is -2.18. The van der Waals surface area contributed by atoms with E-state index in [2.05, 4.69) is 10.6 Å². The molecule has 0 saturated heterocycles. The molecular weight excluding hydrogens is 591 g/mol. The van der Waals surface area contributed by atoms with Gasteiger partial charge in [0, 0.05) is 9.64 Å². The molecule has 0 fully saturated rings. The molecule has 34 heavy (non-hydrogen) atoms. The van der Waals surface area contributed by atoms with Crippen LogP contribution in [0, 0.1) is 10.5 Å². The fourth-order valence-electron chi connectivity index (χ4n) is 3.31. The molecule has 0 aliphatic carbocycles. The zero-order chi connectivity index (χ0) is 25.0. The lowest BCUT2D eigenvalue weighted by atomic mass is 10.2. The summed E-state index contributed by atoms with van der Waals surface area (Å²) in [7, 11) is -3.95. The number of amides is 2. The van der Waals surface area contributed by atoms with Crippen LogP contribution >= 0.6 is 34.2 Å². The van der Waals surface area contributed by atoms with Crippen LogP contribution in [-0.2, 0) is 14.6 Å². The minimum Gasteiger partial charge on any atom is -0.506 e. The molecule has 0 aliphatic rings. The number of rotatable bonds is 7. The summed E-state index contributed by atoms with van der Waals surface area (Å²) in [6.07, 6.45) is 0.0373. The molecule has 0 saturated carbocycles. The van der Waals surface area contributed by atoms with Gasteiger partial charge in [0.2, 0.25) is 5.91 Å². The van der Waals surface area contributed by atoms with Gasteiger partial charge in [-0.25, -0.2) is 8.42 Å². The van der Waals surface area contributed by atoms with Crippen LogP contribution in [-0.4, -0.2) is 30.6 Å². The number of anilines is 2. The number of benzene rings is 3. The number of carbonyl (C=O) groups excluding carboxylic acids is 2. The van der Waals surface area contributed by atoms with Crippen molar-refractivity contribution in [1.29, 1.82) is 0 Å². The number of phenols is 1. The number of aryl methyl sites for hydroxylation is 1. The molecule has 7 nitrogen and oxygen atoms in total. The summed E-state index contributed by atoms with van der Waals surface area (Å²) in [5.41, 5.74) is 1.25. The zero-order valence-corrected chi connectivity index (χ0v) is 22.0. The topological polar surface area (TPSA) is 113 Å². The number of hydrogen-bond donors (Lipinski definition) is 3. The second-order valence-electron chi connectivity index (χ2n) is 7.53. The molecule has 0 radical (unpaired) electrons. The Morgan fingerprint density at radius 1 is 1.03 bits per heavy atom. The van der Waals surface area contributed by atoms with Gasteiger partial charge in [0.05, 0.1) is 26.9 Å². The van der Waals surface area contributed by atoms with Crippen molar-refractivity contribution >= 4 is 67.2 Å². The van der Waals surface area contributed by atoms with E-state index in [0.29, 0.717) is 5.56 Å². The molecule has 3 rings (SSSR count). The van der Waals surface area contributed by atoms with Gasteiger partial charge in [-0.3, -0.25) is 9.59 Å². The average Bonchev–Trinajstić information content (AvgIpc) is 2.77. The summed E-state index contributed by atoms with van der Waals surface area (Å²) >= 11 is 8.31. The molecule has 1 atom stereocenters. The molecule has 3 N–H and O–H groups in total. The van der Waals surface area contributed by atoms with Crippen molar-refractivity contribution in [2.75, 3.05) is 10.6 Å². The van der Waals surface area contributed by atoms with E-state index in [-0.39, 0.29) is 33.5 Å². The molecule has 0 heterocycles. The summed E-state index contributed by atoms with van der Waals surface area (Å²) in [6.45, 7) is 3.36. The van der Waals surface area contributed by atoms with Crippen LogP contribution in [0.25, 0.3) is 0 Å². The third kappa shape index (κ3) is 5.70. The summed E-state index contributed by atoms with van der Waals surface area (Å²) in [5.74, 6) is -1.56. The van der Waals surface area contributed by atoms with E-state index in [9.17, 15) is 23.1 Å². The molecule has 1 unspecified atom stereocenters. The molecule has 0 aromatic heterocycles. The number of halogens is 2. The molecule has 0 spiro atoms. The molecule has 3 aromatic carbocycles. The Morgan fingerprint density at radius 2 is 1.74 bits per heavy atom. The predicted molar refractivity (Wildman–Crippen MR) is 141 cm³/mol. The van der Waals surface area contributed by atoms with E-state index in [0.717, 1.165) is 15.2 Å². The SMILES string of the molecule is CCC(C(=O)Nc1cc(O)c(NC(=O)c2ccccc2I)cc1Cl)S(=O)(=O)c1cccc(C)c1. The Balaban J connectivity index is 1.82. The maximum Gasteiger partial charge on any atom is 0.256 e. The normalized spacial score (nSPS) is 12.1. The van der Waals surface area contributed by atoms with E-state index in [4.69, 9.17) is 11.6 Å². The van der Waals surface area contributed by atoms with Crippen LogP contribution in [0.15, 0.2) is 65.6 Å². The van der Waals surface area contributed by atoms with Crippen LogP contribution in [0.3, 0.4) is 0 Å². The van der Waals surface area contributed by atoms with Crippen molar-refractivity contribution in [3.05, 3.63) is 80.4 Å². The van der Waals surface area contributed by atoms with E-state index >= 15 is 0 Å². The van der Waals surface area contributed by atoms with Gasteiger partial charge in [0.25, 0.3) is 5.91 Å². The van der Waals surface area contributed by atoms with Crippen molar-refractivity contribution in [2.24, 2.45) is 0 Å². The van der Waals surface area contributed by atoms with Crippen molar-refractivity contribution in [3.8, 4) is 5.75 Å². The van der Waals surface area contributed by atoms with E-state index in [1.54, 1.807) is 50.2 Å². The highest BCUT2D eigenvalue weighted by molar-refractivity contribution is 14.1. The highest BCUT2D eigenvalue weighted by Crippen LogP contribution is 2.35. The molecular formula is C24H22ClIN2O5S. The average molecular weight is 613 g/mol. The van der Waals surface area contributed by atoms with Crippen molar-refractivity contribution in [2.45, 2.75) is 30.4 Å². The standard InChI is InChI=1S/C24H22ClIN2O5S/c1-3-22(34(32,33)15-8-6-7-14(2)11-15)24(31)27-19-13-21(29)20(12-17(19)25)28-23(30)16-9-4-5-10-18(16)26/h4-13,22,29H,3H2,1-2H3,(H,27,31)(H,28,30). The lowest BCUT2D eigenvalue weighted by molar-refractivity contribution is -0.115. The predicted octanol–water partition coefficient (Wildman–Crippen LogP) is 5.40. The number of aromatic hydroxyl groups is 1. The Labute approximate surface area is 216 Å². The Hall–Kier alpha value is -2.63. The van der Waals surface area contributed by atoms with Gasteiger partial charge in [-0.2, -0.15) is 0 Å². The minimum atomic E-state index is -3.95. The first-order valence-electron chi connectivity index (χ1n) is 10.2. The fraction of sp³-hybridized carbons (Fsp3) is 0.167. The van der Waals surface area contributed by atoms with Crippen LogP contribution in [0.2, 0.25) is 5.02 Å². The first-order chi connectivity index (χ1) is 16.0. The van der Waals surface area contributed by atoms with E-state index in [1.165, 1.54) is 18.2 Å². The van der Waals surface area contributed by atoms with E-state index < -0.39 is 26.9 Å². The molecule has 10 heteroatoms. The van der Waals surface area contributed by atoms with Crippen LogP contribution in [0.5, 0.6) is 5.75 Å². The van der Waals surface area contributed by atoms with Crippen molar-refractivity contribution in [1.82, 2.24) is 0 Å².